The van der Waals surface area contributed by atoms with Crippen molar-refractivity contribution in [3.63, 3.8) is 0 Å². The van der Waals surface area contributed by atoms with Crippen molar-refractivity contribution in [3.05, 3.63) is 286 Å². The lowest BCUT2D eigenvalue weighted by atomic mass is 9.33. The van der Waals surface area contributed by atoms with Crippen molar-refractivity contribution in [3.8, 4) is 61.3 Å². The highest BCUT2D eigenvalue weighted by atomic mass is 15.2. The van der Waals surface area contributed by atoms with Crippen LogP contribution in [-0.4, -0.2) is 11.3 Å². The van der Waals surface area contributed by atoms with Gasteiger partial charge in [0.2, 0.25) is 0 Å². The van der Waals surface area contributed by atoms with Gasteiger partial charge in [0.15, 0.2) is 0 Å². The van der Waals surface area contributed by atoms with Crippen LogP contribution in [-0.2, 0) is 48.7 Å². The Hall–Kier alpha value is -9.90. The number of nitrogens with zero attached hydrogens (tertiary/aromatic N) is 3. The van der Waals surface area contributed by atoms with E-state index in [2.05, 4.69) is 336 Å². The van der Waals surface area contributed by atoms with E-state index in [0.717, 1.165) is 134 Å². The average molecular weight is 1480 g/mol. The van der Waals surface area contributed by atoms with E-state index in [9.17, 15) is 16.4 Å². The molecule has 0 fully saturated rings. The summed E-state index contributed by atoms with van der Waals surface area (Å²) in [6, 6.07) is 52.7. The number of rotatable bonds is 8. The Morgan fingerprint density at radius 2 is 0.607 bits per heavy atom. The maximum atomic E-state index is 10.0. The molecule has 112 heavy (non-hydrogen) atoms. The molecule has 0 aliphatic carbocycles. The van der Waals surface area contributed by atoms with Gasteiger partial charge in [0.1, 0.15) is 0 Å². The minimum absolute atomic E-state index is 0.0136. The molecule has 0 radical (unpaired) electrons. The van der Waals surface area contributed by atoms with Crippen LogP contribution in [0.3, 0.4) is 0 Å². The monoisotopic (exact) mass is 1480 g/mol. The second-order valence-corrected chi connectivity index (χ2v) is 41.1. The first-order valence-corrected chi connectivity index (χ1v) is 40.2. The topological polar surface area (TPSA) is 11.4 Å². The molecule has 0 saturated heterocycles. The lowest BCUT2D eigenvalue weighted by Gasteiger charge is -2.47. The quantitative estimate of drug-likeness (QED) is 0.141. The molecular formula is C108H120BN3. The smallest absolute Gasteiger partial charge is 0.252 e. The third kappa shape index (κ3) is 14.0. The first-order chi connectivity index (χ1) is 57.6. The summed E-state index contributed by atoms with van der Waals surface area (Å²) in [6.07, 6.45) is 0. The molecular weight excluding hydrogens is 1350 g/mol. The molecule has 0 saturated carbocycles. The second kappa shape index (κ2) is 26.9. The normalized spacial score (nSPS) is 15.4. The van der Waals surface area contributed by atoms with Crippen LogP contribution >= 0.6 is 0 Å². The van der Waals surface area contributed by atoms with Gasteiger partial charge >= 0.3 is 0 Å². The highest BCUT2D eigenvalue weighted by molar-refractivity contribution is 7.00. The van der Waals surface area contributed by atoms with Crippen molar-refractivity contribution in [2.75, 3.05) is 9.80 Å². The van der Waals surface area contributed by atoms with Crippen LogP contribution in [0.1, 0.15) is 255 Å². The van der Waals surface area contributed by atoms with Gasteiger partial charge in [0.05, 0.1) is 40.2 Å². The number of para-hydroxylation sites is 2. The molecule has 3 heterocycles. The van der Waals surface area contributed by atoms with Crippen LogP contribution in [0, 0.1) is 0 Å². The largest absolute Gasteiger partial charge is 0.310 e. The summed E-state index contributed by atoms with van der Waals surface area (Å²) in [4.78, 5) is 4.93. The molecule has 2 aliphatic heterocycles. The molecule has 570 valence electrons. The summed E-state index contributed by atoms with van der Waals surface area (Å²) in [6.45, 7) is 60.3. The first-order valence-electron chi connectivity index (χ1n) is 46.7. The summed E-state index contributed by atoms with van der Waals surface area (Å²) >= 11 is 0. The highest BCUT2D eigenvalue weighted by Crippen LogP contribution is 2.57. The Morgan fingerprint density at radius 1 is 0.250 bits per heavy atom. The average Bonchev–Trinajstić information content (AvgIpc) is 1.36. The molecule has 0 N–H and O–H groups in total. The fourth-order valence-corrected chi connectivity index (χ4v) is 16.6. The summed E-state index contributed by atoms with van der Waals surface area (Å²) < 4.78 is 126. The van der Waals surface area contributed by atoms with Crippen LogP contribution in [0.25, 0.3) is 83.1 Å². The number of hydrogen-bond donors (Lipinski definition) is 0. The minimum atomic E-state index is -0.716. The number of anilines is 6. The Kier molecular flexibility index (Phi) is 15.0. The Morgan fingerprint density at radius 3 is 1.05 bits per heavy atom. The molecule has 12 aromatic carbocycles. The Labute approximate surface area is 691 Å². The van der Waals surface area contributed by atoms with Crippen molar-refractivity contribution >= 4 is 79.0 Å². The number of hydrogen-bond acceptors (Lipinski definition) is 2. The maximum Gasteiger partial charge on any atom is 0.252 e. The molecule has 2 aliphatic rings. The third-order valence-corrected chi connectivity index (χ3v) is 23.5. The van der Waals surface area contributed by atoms with Crippen molar-refractivity contribution < 1.29 is 17.8 Å². The first kappa shape index (κ1) is 62.6. The van der Waals surface area contributed by atoms with Gasteiger partial charge in [-0.05, 0) is 215 Å². The van der Waals surface area contributed by atoms with Gasteiger partial charge in [-0.3, -0.25) is 0 Å². The SMILES string of the molecule is [2H]c1c([2H])c([2H])c(-c2ccc3c(c2)N(c2c(-c4ccc(C(C)(C)C)cc4)cc(C(C)(C)C)cc2-c2cc(C(C)(C)C)cc(C(C)(C)C)c2)c2cc(C(C)(C)C)cc4c2B3c2ccc(-n3c5c([2H])c([2H])c([2H])c([2H])c5c5c([2H])c([2H])c([2H])c([2H])c53)cc2N4c2c(-c3ccc(C(C)(C)C)cc3)cc(C(C)(C)C)cc2-c2cc(C(C)(C)C)ccc2C(C)(C)C)c([2H])c1[2H]. The predicted molar refractivity (Wildman–Crippen MR) is 490 cm³/mol. The van der Waals surface area contributed by atoms with Gasteiger partial charge < -0.3 is 14.4 Å². The Balaban J connectivity index is 1.24. The van der Waals surface area contributed by atoms with Crippen LogP contribution in [0.15, 0.2) is 236 Å². The van der Waals surface area contributed by atoms with Crippen molar-refractivity contribution in [2.45, 2.75) is 236 Å². The minimum Gasteiger partial charge on any atom is -0.310 e. The number of fused-ring (bicyclic) bond motifs is 7. The standard InChI is InChI=1S/C108H120BN3/c1-100(2,3)72-46-41-68(42-47-72)83-60-77(105(16,17)18)62-85(71-55-75(103(10,11)12)58-76(56-71)104(13,14)15)98(83)111-93-57-70(67-35-29-28-30-36-67)45-53-89(93)109-90-54-51-80(110-91-39-33-31-37-81(91)82-38-32-34-40-92(82)110)66-94(90)112(96-65-79(107(22,23)24)64-95(111)97(96)109)99-84(69-43-48-73(49-44-69)101(4,5)6)61-78(106(19,20)21)63-87(99)86-59-74(102(7,8)9)50-52-88(86)108(25,26)27/h28-66H,1-27H3/i28D,29D,30D,31D,32D,33D,34D,35D,36D,37D,38D,39D,40D. The third-order valence-electron chi connectivity index (χ3n) is 23.5. The van der Waals surface area contributed by atoms with Gasteiger partial charge in [-0.25, -0.2) is 0 Å². The van der Waals surface area contributed by atoms with E-state index in [1.807, 2.05) is 18.2 Å². The number of benzene rings is 12. The lowest BCUT2D eigenvalue weighted by molar-refractivity contribution is 0.569. The molecule has 15 rings (SSSR count). The van der Waals surface area contributed by atoms with E-state index >= 15 is 0 Å². The van der Waals surface area contributed by atoms with Crippen LogP contribution in [0.4, 0.5) is 34.1 Å². The van der Waals surface area contributed by atoms with E-state index in [-0.39, 0.29) is 66.5 Å². The van der Waals surface area contributed by atoms with E-state index in [0.29, 0.717) is 22.6 Å². The molecule has 0 atom stereocenters. The van der Waals surface area contributed by atoms with Crippen LogP contribution in [0.2, 0.25) is 0 Å². The molecule has 4 heteroatoms. The number of aromatic nitrogens is 1. The van der Waals surface area contributed by atoms with Gasteiger partial charge in [0.25, 0.3) is 6.71 Å². The van der Waals surface area contributed by atoms with Crippen molar-refractivity contribution in [1.82, 2.24) is 4.57 Å². The highest BCUT2D eigenvalue weighted by Gasteiger charge is 2.47. The summed E-state index contributed by atoms with van der Waals surface area (Å²) in [5, 5.41) is -0.0791. The molecule has 0 unspecified atom stereocenters. The fourth-order valence-electron chi connectivity index (χ4n) is 16.6. The van der Waals surface area contributed by atoms with Gasteiger partial charge in [0, 0.05) is 61.5 Å². The zero-order valence-electron chi connectivity index (χ0n) is 84.4. The van der Waals surface area contributed by atoms with Crippen molar-refractivity contribution in [1.29, 1.82) is 0 Å². The fraction of sp³-hybridized carbons (Fsp3) is 0.333. The molecule has 1 aromatic heterocycles. The summed E-state index contributed by atoms with van der Waals surface area (Å²) in [5.74, 6) is 0. The van der Waals surface area contributed by atoms with E-state index in [1.54, 1.807) is 4.57 Å². The van der Waals surface area contributed by atoms with Gasteiger partial charge in [-0.1, -0.05) is 357 Å². The molecule has 0 spiro atoms. The molecule has 0 bridgehead atoms. The van der Waals surface area contributed by atoms with Gasteiger partial charge in [-0.15, -0.1) is 0 Å². The molecule has 13 aromatic rings. The van der Waals surface area contributed by atoms with Gasteiger partial charge in [-0.2, -0.15) is 0 Å². The molecule has 0 amide bonds. The van der Waals surface area contributed by atoms with Crippen molar-refractivity contribution in [2.24, 2.45) is 0 Å². The van der Waals surface area contributed by atoms with E-state index < -0.39 is 94.8 Å². The summed E-state index contributed by atoms with van der Waals surface area (Å²) in [5.41, 5.74) is 22.4. The second-order valence-electron chi connectivity index (χ2n) is 41.1. The van der Waals surface area contributed by atoms with Crippen LogP contribution < -0.4 is 26.2 Å². The van der Waals surface area contributed by atoms with Crippen LogP contribution in [0.5, 0.6) is 0 Å². The predicted octanol–water partition coefficient (Wildman–Crippen LogP) is 28.9. The summed E-state index contributed by atoms with van der Waals surface area (Å²) in [7, 11) is 0. The lowest BCUT2D eigenvalue weighted by Crippen LogP contribution is -2.61. The maximum absolute atomic E-state index is 10.0. The van der Waals surface area contributed by atoms with E-state index in [1.165, 1.54) is 0 Å². The molecule has 3 nitrogen and oxygen atoms in total. The Bertz CT molecular complexity index is 6540. The zero-order valence-corrected chi connectivity index (χ0v) is 71.4. The van der Waals surface area contributed by atoms with E-state index in [4.69, 9.17) is 1.37 Å². The zero-order chi connectivity index (χ0) is 91.8.